The number of nitrogens with zero attached hydrogens (tertiary/aromatic N) is 2. The minimum absolute atomic E-state index is 0.0726. The molecule has 0 N–H and O–H groups in total. The molecule has 1 saturated carbocycles. The monoisotopic (exact) mass is 478 g/mol. The molecule has 0 saturated heterocycles. The first-order chi connectivity index (χ1) is 16.8. The Labute approximate surface area is 211 Å². The van der Waals surface area contributed by atoms with Gasteiger partial charge in [-0.25, -0.2) is 0 Å². The maximum absolute atomic E-state index is 6.22. The lowest BCUT2D eigenvalue weighted by molar-refractivity contribution is -0.167. The van der Waals surface area contributed by atoms with Gasteiger partial charge in [0.05, 0.1) is 6.61 Å². The molecular weight excluding hydrogens is 436 g/mol. The van der Waals surface area contributed by atoms with Crippen LogP contribution in [0.5, 0.6) is 0 Å². The molecular formula is C30H42N2OS. The molecule has 1 heterocycles. The quantitative estimate of drug-likeness (QED) is 0.253. The molecule has 1 unspecified atom stereocenters. The van der Waals surface area contributed by atoms with Crippen LogP contribution in [0.1, 0.15) is 106 Å². The van der Waals surface area contributed by atoms with Gasteiger partial charge in [0.2, 0.25) is 0 Å². The molecule has 0 bridgehead atoms. The van der Waals surface area contributed by atoms with Crippen LogP contribution in [0.15, 0.2) is 59.7 Å². The van der Waals surface area contributed by atoms with Crippen LogP contribution in [-0.2, 0) is 11.3 Å². The Morgan fingerprint density at radius 3 is 2.41 bits per heavy atom. The fourth-order valence-electron chi connectivity index (χ4n) is 5.09. The maximum Gasteiger partial charge on any atom is 0.152 e. The smallest absolute Gasteiger partial charge is 0.152 e. The number of unbranched alkanes of at least 4 members (excludes halogenated alkanes) is 5. The van der Waals surface area contributed by atoms with Crippen molar-refractivity contribution in [2.45, 2.75) is 95.8 Å². The predicted molar refractivity (Wildman–Crippen MR) is 146 cm³/mol. The highest BCUT2D eigenvalue weighted by atomic mass is 32.2. The van der Waals surface area contributed by atoms with Gasteiger partial charge in [0.1, 0.15) is 5.04 Å². The molecule has 3 nitrogen and oxygen atoms in total. The minimum atomic E-state index is 0.0726. The van der Waals surface area contributed by atoms with Crippen LogP contribution in [0.4, 0.5) is 0 Å². The van der Waals surface area contributed by atoms with Gasteiger partial charge in [0.25, 0.3) is 0 Å². The van der Waals surface area contributed by atoms with Crippen molar-refractivity contribution >= 4 is 16.8 Å². The maximum atomic E-state index is 6.22. The standard InChI is InChI=1S/C30H42N2OS/c1-2-3-4-7-15-26-20-22-27(23-21-26)29-31-32(30(34-29)28-18-9-5-10-19-28)33-24-13-6-8-14-25-16-11-12-17-25/h5,9-10,18-23,25,30H,2-4,6-8,11-17,24H2,1H3. The van der Waals surface area contributed by atoms with Gasteiger partial charge in [-0.2, -0.15) is 5.17 Å². The van der Waals surface area contributed by atoms with Gasteiger partial charge in [-0.3, -0.25) is 4.84 Å². The van der Waals surface area contributed by atoms with Crippen LogP contribution in [0.2, 0.25) is 0 Å². The van der Waals surface area contributed by atoms with E-state index in [0.717, 1.165) is 24.0 Å². The van der Waals surface area contributed by atoms with E-state index in [1.54, 1.807) is 11.8 Å². The summed E-state index contributed by atoms with van der Waals surface area (Å²) in [4.78, 5) is 6.22. The Balaban J connectivity index is 1.30. The molecule has 2 aliphatic rings. The lowest BCUT2D eigenvalue weighted by atomic mass is 10.0. The molecule has 2 aromatic carbocycles. The van der Waals surface area contributed by atoms with Gasteiger partial charge < -0.3 is 0 Å². The number of hydrogen-bond acceptors (Lipinski definition) is 4. The molecule has 1 fully saturated rings. The second-order valence-electron chi connectivity index (χ2n) is 9.93. The highest BCUT2D eigenvalue weighted by molar-refractivity contribution is 8.14. The topological polar surface area (TPSA) is 24.8 Å². The van der Waals surface area contributed by atoms with E-state index in [2.05, 4.69) is 61.5 Å². The highest BCUT2D eigenvalue weighted by Gasteiger charge is 2.30. The van der Waals surface area contributed by atoms with E-state index in [4.69, 9.17) is 9.94 Å². The van der Waals surface area contributed by atoms with Crippen LogP contribution in [-0.4, -0.2) is 16.8 Å². The molecule has 4 heteroatoms. The molecule has 4 rings (SSSR count). The van der Waals surface area contributed by atoms with E-state index in [1.807, 2.05) is 5.17 Å². The van der Waals surface area contributed by atoms with Gasteiger partial charge in [0, 0.05) is 5.56 Å². The predicted octanol–water partition coefficient (Wildman–Crippen LogP) is 8.90. The van der Waals surface area contributed by atoms with E-state index in [1.165, 1.54) is 93.7 Å². The fourth-order valence-corrected chi connectivity index (χ4v) is 6.19. The van der Waals surface area contributed by atoms with Crippen LogP contribution in [0.3, 0.4) is 0 Å². The molecule has 34 heavy (non-hydrogen) atoms. The van der Waals surface area contributed by atoms with Crippen molar-refractivity contribution in [1.82, 2.24) is 5.17 Å². The summed E-state index contributed by atoms with van der Waals surface area (Å²) in [6.07, 6.45) is 17.3. The summed E-state index contributed by atoms with van der Waals surface area (Å²) >= 11 is 1.79. The largest absolute Gasteiger partial charge is 0.255 e. The summed E-state index contributed by atoms with van der Waals surface area (Å²) in [6, 6.07) is 19.6. The van der Waals surface area contributed by atoms with Crippen molar-refractivity contribution in [3.63, 3.8) is 0 Å². The third-order valence-electron chi connectivity index (χ3n) is 7.17. The van der Waals surface area contributed by atoms with Crippen LogP contribution in [0, 0.1) is 5.92 Å². The summed E-state index contributed by atoms with van der Waals surface area (Å²) in [5, 5.41) is 7.88. The normalized spacial score (nSPS) is 18.6. The number of benzene rings is 2. The molecule has 1 aliphatic carbocycles. The Hall–Kier alpha value is -1.78. The van der Waals surface area contributed by atoms with Gasteiger partial charge >= 0.3 is 0 Å². The molecule has 2 aromatic rings. The third-order valence-corrected chi connectivity index (χ3v) is 8.39. The SMILES string of the molecule is CCCCCCc1ccc(C2=NN(OCCCCCC3CCCC3)C(c3ccccc3)S2)cc1. The van der Waals surface area contributed by atoms with Crippen molar-refractivity contribution < 1.29 is 4.84 Å². The number of thioether (sulfide) groups is 1. The molecule has 0 amide bonds. The Kier molecular flexibility index (Phi) is 10.4. The van der Waals surface area contributed by atoms with Crippen LogP contribution < -0.4 is 0 Å². The van der Waals surface area contributed by atoms with Gasteiger partial charge in [-0.05, 0) is 36.3 Å². The molecule has 0 radical (unpaired) electrons. The van der Waals surface area contributed by atoms with E-state index in [9.17, 15) is 0 Å². The van der Waals surface area contributed by atoms with E-state index in [-0.39, 0.29) is 5.37 Å². The highest BCUT2D eigenvalue weighted by Crippen LogP contribution is 2.41. The average Bonchev–Trinajstić information content (AvgIpc) is 3.55. The zero-order valence-corrected chi connectivity index (χ0v) is 21.8. The second-order valence-corrected chi connectivity index (χ2v) is 11.0. The minimum Gasteiger partial charge on any atom is -0.255 e. The lowest BCUT2D eigenvalue weighted by Gasteiger charge is -2.21. The Morgan fingerprint density at radius 1 is 0.882 bits per heavy atom. The summed E-state index contributed by atoms with van der Waals surface area (Å²) in [5.41, 5.74) is 3.85. The Bertz CT molecular complexity index is 861. The van der Waals surface area contributed by atoms with Gasteiger partial charge in [-0.15, -0.1) is 5.10 Å². The summed E-state index contributed by atoms with van der Waals surface area (Å²) in [7, 11) is 0. The molecule has 0 aromatic heterocycles. The first-order valence-electron chi connectivity index (χ1n) is 13.6. The number of hydrazone groups is 1. The molecule has 1 aliphatic heterocycles. The first-order valence-corrected chi connectivity index (χ1v) is 14.5. The third kappa shape index (κ3) is 7.61. The van der Waals surface area contributed by atoms with Crippen molar-refractivity contribution in [2.75, 3.05) is 6.61 Å². The second kappa shape index (κ2) is 13.9. The van der Waals surface area contributed by atoms with Crippen molar-refractivity contribution in [1.29, 1.82) is 0 Å². The molecule has 1 atom stereocenters. The van der Waals surface area contributed by atoms with Crippen molar-refractivity contribution in [2.24, 2.45) is 11.0 Å². The number of rotatable bonds is 14. The molecule has 184 valence electrons. The van der Waals surface area contributed by atoms with E-state index in [0.29, 0.717) is 0 Å². The van der Waals surface area contributed by atoms with Crippen molar-refractivity contribution in [3.05, 3.63) is 71.3 Å². The number of hydrogen-bond donors (Lipinski definition) is 0. The van der Waals surface area contributed by atoms with E-state index < -0.39 is 0 Å². The average molecular weight is 479 g/mol. The molecule has 0 spiro atoms. The number of hydroxylamine groups is 1. The summed E-state index contributed by atoms with van der Waals surface area (Å²) in [5.74, 6) is 0.994. The van der Waals surface area contributed by atoms with Crippen LogP contribution in [0.25, 0.3) is 0 Å². The number of aryl methyl sites for hydroxylation is 1. The first kappa shape index (κ1) is 25.3. The zero-order valence-electron chi connectivity index (χ0n) is 21.0. The van der Waals surface area contributed by atoms with Gasteiger partial charge in [-0.1, -0.05) is 137 Å². The zero-order chi connectivity index (χ0) is 23.4. The lowest BCUT2D eigenvalue weighted by Crippen LogP contribution is -2.19. The summed E-state index contributed by atoms with van der Waals surface area (Å²) < 4.78 is 0. The Morgan fingerprint density at radius 2 is 1.65 bits per heavy atom. The van der Waals surface area contributed by atoms with Crippen molar-refractivity contribution in [3.8, 4) is 0 Å². The van der Waals surface area contributed by atoms with E-state index >= 15 is 0 Å². The van der Waals surface area contributed by atoms with Crippen LogP contribution >= 0.6 is 11.8 Å². The summed E-state index contributed by atoms with van der Waals surface area (Å²) in [6.45, 7) is 3.00. The van der Waals surface area contributed by atoms with Gasteiger partial charge in [0.15, 0.2) is 5.37 Å². The fraction of sp³-hybridized carbons (Fsp3) is 0.567.